The largest absolute Gasteiger partial charge is 0.497 e. The minimum atomic E-state index is -0.540. The Bertz CT molecular complexity index is 873. The number of piperidine rings is 1. The van der Waals surface area contributed by atoms with Gasteiger partial charge >= 0.3 is 0 Å². The number of fused-ring (bicyclic) bond motifs is 1. The van der Waals surface area contributed by atoms with Gasteiger partial charge in [-0.2, -0.15) is 0 Å². The van der Waals surface area contributed by atoms with Crippen molar-refractivity contribution in [2.45, 2.75) is 50.9 Å². The lowest BCUT2D eigenvalue weighted by Gasteiger charge is -2.46. The van der Waals surface area contributed by atoms with Crippen LogP contribution in [0.4, 0.5) is 0 Å². The van der Waals surface area contributed by atoms with Crippen molar-refractivity contribution >= 4 is 0 Å². The monoisotopic (exact) mass is 397 g/mol. The maximum atomic E-state index is 10.7. The first-order valence-electron chi connectivity index (χ1n) is 10.4. The van der Waals surface area contributed by atoms with E-state index in [1.54, 1.807) is 7.11 Å². The Balaban J connectivity index is 1.39. The Hall–Kier alpha value is -2.08. The normalized spacial score (nSPS) is 22.0. The maximum absolute atomic E-state index is 10.7. The summed E-state index contributed by atoms with van der Waals surface area (Å²) >= 11 is 0. The molecule has 2 aromatic rings. The number of nitrogens with zero attached hydrogens (tertiary/aromatic N) is 1. The van der Waals surface area contributed by atoms with Gasteiger partial charge in [0, 0.05) is 31.6 Å². The molecule has 29 heavy (non-hydrogen) atoms. The highest BCUT2D eigenvalue weighted by Gasteiger charge is 2.43. The lowest BCUT2D eigenvalue weighted by molar-refractivity contribution is -0.0588. The number of aryl methyl sites for hydroxylation is 2. The molecule has 5 nitrogen and oxygen atoms in total. The van der Waals surface area contributed by atoms with E-state index in [4.69, 9.17) is 9.47 Å². The van der Waals surface area contributed by atoms with Crippen LogP contribution in [0.15, 0.2) is 36.4 Å². The van der Waals surface area contributed by atoms with E-state index in [1.807, 2.05) is 24.3 Å². The van der Waals surface area contributed by atoms with Crippen molar-refractivity contribution in [3.05, 3.63) is 58.7 Å². The number of β-amino-alcohol motifs (C(OH)–C–C–N with tert-alkyl or cyclic N) is 1. The number of rotatable bonds is 4. The van der Waals surface area contributed by atoms with Gasteiger partial charge in [0.25, 0.3) is 0 Å². The number of likely N-dealkylation sites (tertiary alicyclic amines) is 1. The van der Waals surface area contributed by atoms with Crippen molar-refractivity contribution in [1.82, 2.24) is 4.90 Å². The van der Waals surface area contributed by atoms with E-state index >= 15 is 0 Å². The summed E-state index contributed by atoms with van der Waals surface area (Å²) in [6, 6.07) is 11.8. The predicted molar refractivity (Wildman–Crippen MR) is 112 cm³/mol. The number of aliphatic hydroxyl groups is 2. The van der Waals surface area contributed by atoms with Gasteiger partial charge in [0.15, 0.2) is 0 Å². The van der Waals surface area contributed by atoms with Crippen LogP contribution in [0.25, 0.3) is 0 Å². The molecule has 156 valence electrons. The molecule has 0 aliphatic carbocycles. The van der Waals surface area contributed by atoms with Crippen LogP contribution < -0.4 is 9.47 Å². The van der Waals surface area contributed by atoms with Crippen LogP contribution in [-0.4, -0.2) is 47.5 Å². The van der Waals surface area contributed by atoms with E-state index in [2.05, 4.69) is 30.9 Å². The molecule has 2 N–H and O–H groups in total. The molecule has 0 unspecified atom stereocenters. The van der Waals surface area contributed by atoms with Crippen molar-refractivity contribution < 1.29 is 19.7 Å². The van der Waals surface area contributed by atoms with Gasteiger partial charge in [0.05, 0.1) is 19.3 Å². The molecule has 5 heteroatoms. The second-order valence-corrected chi connectivity index (χ2v) is 8.57. The fourth-order valence-electron chi connectivity index (χ4n) is 4.52. The van der Waals surface area contributed by atoms with Crippen LogP contribution in [0.1, 0.15) is 53.7 Å². The Kier molecular flexibility index (Phi) is 5.56. The molecular weight excluding hydrogens is 366 g/mol. The molecule has 2 heterocycles. The lowest BCUT2D eigenvalue weighted by atomic mass is 9.81. The standard InChI is InChI=1S/C24H31NO4/c1-16-4-5-18(12-17(16)2)22(27)15-25-10-8-24(9-11-25)14-21(26)20-13-19(28-3)6-7-23(20)29-24/h4-7,12-13,21-22,26-27H,8-11,14-15H2,1-3H3/t21-,22-/m0/s1. The maximum Gasteiger partial charge on any atom is 0.126 e. The van der Waals surface area contributed by atoms with Crippen molar-refractivity contribution in [2.75, 3.05) is 26.7 Å². The van der Waals surface area contributed by atoms with Gasteiger partial charge in [-0.15, -0.1) is 0 Å². The van der Waals surface area contributed by atoms with E-state index < -0.39 is 12.2 Å². The zero-order chi connectivity index (χ0) is 20.6. The van der Waals surface area contributed by atoms with Crippen LogP contribution in [0.5, 0.6) is 11.5 Å². The van der Waals surface area contributed by atoms with Gasteiger partial charge in [0.1, 0.15) is 17.1 Å². The van der Waals surface area contributed by atoms with E-state index in [9.17, 15) is 10.2 Å². The smallest absolute Gasteiger partial charge is 0.126 e. The number of hydrogen-bond donors (Lipinski definition) is 2. The average molecular weight is 398 g/mol. The second-order valence-electron chi connectivity index (χ2n) is 8.57. The fraction of sp³-hybridized carbons (Fsp3) is 0.500. The van der Waals surface area contributed by atoms with E-state index in [-0.39, 0.29) is 5.60 Å². The third kappa shape index (κ3) is 4.13. The summed E-state index contributed by atoms with van der Waals surface area (Å²) in [4.78, 5) is 2.30. The summed E-state index contributed by atoms with van der Waals surface area (Å²) in [5.41, 5.74) is 3.90. The zero-order valence-corrected chi connectivity index (χ0v) is 17.5. The molecular formula is C24H31NO4. The molecule has 4 rings (SSSR count). The number of hydrogen-bond acceptors (Lipinski definition) is 5. The highest BCUT2D eigenvalue weighted by molar-refractivity contribution is 5.43. The Morgan fingerprint density at radius 2 is 1.90 bits per heavy atom. The van der Waals surface area contributed by atoms with Crippen molar-refractivity contribution in [3.63, 3.8) is 0 Å². The van der Waals surface area contributed by atoms with E-state index in [0.29, 0.717) is 13.0 Å². The van der Waals surface area contributed by atoms with Crippen LogP contribution in [0.2, 0.25) is 0 Å². The SMILES string of the molecule is COc1ccc2c(c1)[C@@H](O)CC1(CCN(C[C@H](O)c3ccc(C)c(C)c3)CC1)O2. The zero-order valence-electron chi connectivity index (χ0n) is 17.5. The average Bonchev–Trinajstić information content (AvgIpc) is 2.71. The van der Waals surface area contributed by atoms with Gasteiger partial charge in [-0.1, -0.05) is 18.2 Å². The van der Waals surface area contributed by atoms with E-state index in [0.717, 1.165) is 48.6 Å². The molecule has 1 spiro atoms. The Morgan fingerprint density at radius 3 is 2.59 bits per heavy atom. The summed E-state index contributed by atoms with van der Waals surface area (Å²) in [7, 11) is 1.63. The van der Waals surface area contributed by atoms with E-state index in [1.165, 1.54) is 11.1 Å². The molecule has 1 fully saturated rings. The van der Waals surface area contributed by atoms with Crippen LogP contribution in [-0.2, 0) is 0 Å². The third-order valence-electron chi connectivity index (χ3n) is 6.58. The summed E-state index contributed by atoms with van der Waals surface area (Å²) < 4.78 is 11.7. The number of aliphatic hydroxyl groups excluding tert-OH is 2. The molecule has 0 saturated carbocycles. The van der Waals surface area contributed by atoms with Gasteiger partial charge < -0.3 is 24.6 Å². The summed E-state index contributed by atoms with van der Waals surface area (Å²) in [5.74, 6) is 1.49. The fourth-order valence-corrected chi connectivity index (χ4v) is 4.52. The summed E-state index contributed by atoms with van der Waals surface area (Å²) in [6.07, 6.45) is 1.25. The molecule has 0 amide bonds. The molecule has 2 aliphatic heterocycles. The molecule has 2 aliphatic rings. The number of methoxy groups -OCH3 is 1. The highest BCUT2D eigenvalue weighted by Crippen LogP contribution is 2.45. The van der Waals surface area contributed by atoms with Gasteiger partial charge in [-0.3, -0.25) is 0 Å². The summed E-state index contributed by atoms with van der Waals surface area (Å²) in [5, 5.41) is 21.4. The van der Waals surface area contributed by atoms with Gasteiger partial charge in [-0.05, 0) is 61.6 Å². The van der Waals surface area contributed by atoms with Crippen LogP contribution >= 0.6 is 0 Å². The minimum absolute atomic E-state index is 0.330. The number of ether oxygens (including phenoxy) is 2. The topological polar surface area (TPSA) is 62.2 Å². The quantitative estimate of drug-likeness (QED) is 0.824. The predicted octanol–water partition coefficient (Wildman–Crippen LogP) is 3.70. The van der Waals surface area contributed by atoms with Gasteiger partial charge in [-0.25, -0.2) is 0 Å². The summed E-state index contributed by atoms with van der Waals surface area (Å²) in [6.45, 7) is 6.48. The third-order valence-corrected chi connectivity index (χ3v) is 6.58. The minimum Gasteiger partial charge on any atom is -0.497 e. The van der Waals surface area contributed by atoms with Crippen molar-refractivity contribution in [1.29, 1.82) is 0 Å². The second kappa shape index (κ2) is 7.98. The number of benzene rings is 2. The molecule has 2 aromatic carbocycles. The first-order chi connectivity index (χ1) is 13.9. The molecule has 0 bridgehead atoms. The molecule has 1 saturated heterocycles. The van der Waals surface area contributed by atoms with Crippen LogP contribution in [0.3, 0.4) is 0 Å². The van der Waals surface area contributed by atoms with Crippen molar-refractivity contribution in [3.8, 4) is 11.5 Å². The molecule has 0 aromatic heterocycles. The van der Waals surface area contributed by atoms with Crippen molar-refractivity contribution in [2.24, 2.45) is 0 Å². The molecule has 2 atom stereocenters. The lowest BCUT2D eigenvalue weighted by Crippen LogP contribution is -2.51. The Morgan fingerprint density at radius 1 is 1.14 bits per heavy atom. The first kappa shape index (κ1) is 20.2. The molecule has 0 radical (unpaired) electrons. The van der Waals surface area contributed by atoms with Crippen LogP contribution in [0, 0.1) is 13.8 Å². The first-order valence-corrected chi connectivity index (χ1v) is 10.4. The highest BCUT2D eigenvalue weighted by atomic mass is 16.5. The Labute approximate surface area is 172 Å². The van der Waals surface area contributed by atoms with Gasteiger partial charge in [0.2, 0.25) is 0 Å².